The molecule has 0 spiro atoms. The van der Waals surface area contributed by atoms with Crippen LogP contribution < -0.4 is 4.74 Å². The lowest BCUT2D eigenvalue weighted by Gasteiger charge is -2.14. The van der Waals surface area contributed by atoms with Gasteiger partial charge in [-0.25, -0.2) is 0 Å². The Hall–Kier alpha value is -1.98. The quantitative estimate of drug-likeness (QED) is 0.513. The molecule has 0 aliphatic heterocycles. The monoisotopic (exact) mass is 273 g/mol. The topological polar surface area (TPSA) is 42.3 Å². The van der Waals surface area contributed by atoms with Crippen LogP contribution in [0.2, 0.25) is 0 Å². The summed E-state index contributed by atoms with van der Waals surface area (Å²) in [6.07, 6.45) is -3.55. The molecular formula is C13H14F3NO2. The Morgan fingerprint density at radius 2 is 2.05 bits per heavy atom. The average Bonchev–Trinajstić information content (AvgIpc) is 2.37. The number of hydrogen-bond acceptors (Lipinski definition) is 3. The number of hydrogen-bond donors (Lipinski definition) is 1. The Balaban J connectivity index is 2.91. The first kappa shape index (κ1) is 15.1. The Kier molecular flexibility index (Phi) is 4.97. The maximum absolute atomic E-state index is 12.6. The fraction of sp³-hybridized carbons (Fsp3) is 0.308. The molecule has 0 amide bonds. The fourth-order valence-corrected chi connectivity index (χ4v) is 1.33. The molecule has 1 aromatic rings. The van der Waals surface area contributed by atoms with Crippen LogP contribution in [-0.2, 0) is 4.74 Å². The second kappa shape index (κ2) is 6.26. The second-order valence-corrected chi connectivity index (χ2v) is 3.64. The minimum absolute atomic E-state index is 0.167. The third-order valence-corrected chi connectivity index (χ3v) is 2.21. The van der Waals surface area contributed by atoms with Crippen molar-refractivity contribution < 1.29 is 22.6 Å². The van der Waals surface area contributed by atoms with Gasteiger partial charge in [-0.05, 0) is 30.7 Å². The summed E-state index contributed by atoms with van der Waals surface area (Å²) in [4.78, 5) is 0. The number of rotatable bonds is 4. The highest BCUT2D eigenvalue weighted by atomic mass is 19.4. The van der Waals surface area contributed by atoms with Gasteiger partial charge in [0.15, 0.2) is 0 Å². The zero-order valence-corrected chi connectivity index (χ0v) is 10.5. The molecule has 0 saturated heterocycles. The molecule has 0 bridgehead atoms. The largest absolute Gasteiger partial charge is 0.497 e. The van der Waals surface area contributed by atoms with Crippen LogP contribution in [0.1, 0.15) is 18.9 Å². The van der Waals surface area contributed by atoms with Gasteiger partial charge in [0.05, 0.1) is 7.11 Å². The Bertz CT molecular complexity index is 481. The number of allylic oxidation sites excluding steroid dienone is 2. The molecule has 0 saturated carbocycles. The maximum atomic E-state index is 12.6. The maximum Gasteiger partial charge on any atom is 0.449 e. The molecule has 1 N–H and O–H groups in total. The van der Waals surface area contributed by atoms with Crippen LogP contribution in [0.3, 0.4) is 0 Å². The van der Waals surface area contributed by atoms with Crippen molar-refractivity contribution in [3.63, 3.8) is 0 Å². The Morgan fingerprint density at radius 1 is 1.37 bits per heavy atom. The van der Waals surface area contributed by atoms with Crippen molar-refractivity contribution in [2.75, 3.05) is 7.11 Å². The van der Waals surface area contributed by atoms with Gasteiger partial charge in [-0.2, -0.15) is 13.2 Å². The summed E-state index contributed by atoms with van der Waals surface area (Å²) < 4.78 is 47.4. The van der Waals surface area contributed by atoms with Gasteiger partial charge in [0, 0.05) is 5.56 Å². The SMILES string of the molecule is CC/C=C(/OC(=N)c1cccc(OC)c1)C(F)(F)F. The first-order valence-corrected chi connectivity index (χ1v) is 5.56. The average molecular weight is 273 g/mol. The molecule has 0 aliphatic carbocycles. The van der Waals surface area contributed by atoms with E-state index < -0.39 is 17.8 Å². The predicted molar refractivity (Wildman–Crippen MR) is 65.3 cm³/mol. The predicted octanol–water partition coefficient (Wildman–Crippen LogP) is 3.89. The summed E-state index contributed by atoms with van der Waals surface area (Å²) in [5, 5.41) is 7.57. The van der Waals surface area contributed by atoms with Crippen LogP contribution in [0.4, 0.5) is 13.2 Å². The van der Waals surface area contributed by atoms with Crippen LogP contribution in [0.25, 0.3) is 0 Å². The summed E-state index contributed by atoms with van der Waals surface area (Å²) in [5.41, 5.74) is 0.214. The number of benzene rings is 1. The summed E-state index contributed by atoms with van der Waals surface area (Å²) in [7, 11) is 1.43. The van der Waals surface area contributed by atoms with Crippen LogP contribution in [0.5, 0.6) is 5.75 Å². The van der Waals surface area contributed by atoms with Gasteiger partial charge in [-0.15, -0.1) is 0 Å². The van der Waals surface area contributed by atoms with Crippen molar-refractivity contribution in [3.05, 3.63) is 41.7 Å². The Morgan fingerprint density at radius 3 is 2.58 bits per heavy atom. The first-order chi connectivity index (χ1) is 8.88. The summed E-state index contributed by atoms with van der Waals surface area (Å²) >= 11 is 0. The van der Waals surface area contributed by atoms with E-state index in [9.17, 15) is 13.2 Å². The van der Waals surface area contributed by atoms with Gasteiger partial charge < -0.3 is 9.47 Å². The number of nitrogens with one attached hydrogen (secondary N) is 1. The van der Waals surface area contributed by atoms with Crippen molar-refractivity contribution in [3.8, 4) is 5.75 Å². The third kappa shape index (κ3) is 4.31. The normalized spacial score (nSPS) is 12.2. The summed E-state index contributed by atoms with van der Waals surface area (Å²) in [5.74, 6) is -1.31. The van der Waals surface area contributed by atoms with Crippen LogP contribution in [0, 0.1) is 5.41 Å². The van der Waals surface area contributed by atoms with E-state index in [4.69, 9.17) is 10.1 Å². The van der Waals surface area contributed by atoms with Gasteiger partial charge in [0.25, 0.3) is 0 Å². The van der Waals surface area contributed by atoms with Gasteiger partial charge in [-0.3, -0.25) is 5.41 Å². The van der Waals surface area contributed by atoms with E-state index in [0.29, 0.717) is 5.75 Å². The third-order valence-electron chi connectivity index (χ3n) is 2.21. The van der Waals surface area contributed by atoms with Crippen molar-refractivity contribution in [1.29, 1.82) is 5.41 Å². The molecule has 0 unspecified atom stereocenters. The molecular weight excluding hydrogens is 259 g/mol. The molecule has 0 atom stereocenters. The number of methoxy groups -OCH3 is 1. The molecule has 0 fully saturated rings. The molecule has 0 heterocycles. The molecule has 19 heavy (non-hydrogen) atoms. The van der Waals surface area contributed by atoms with Crippen LogP contribution in [-0.4, -0.2) is 19.2 Å². The highest BCUT2D eigenvalue weighted by molar-refractivity contribution is 5.92. The number of halogens is 3. The number of alkyl halides is 3. The number of ether oxygens (including phenoxy) is 2. The van der Waals surface area contributed by atoms with Gasteiger partial charge in [0.1, 0.15) is 5.75 Å². The molecule has 0 radical (unpaired) electrons. The Labute approximate surface area is 109 Å². The van der Waals surface area contributed by atoms with Crippen LogP contribution >= 0.6 is 0 Å². The van der Waals surface area contributed by atoms with E-state index in [1.807, 2.05) is 0 Å². The lowest BCUT2D eigenvalue weighted by molar-refractivity contribution is -0.118. The van der Waals surface area contributed by atoms with Crippen molar-refractivity contribution in [2.24, 2.45) is 0 Å². The van der Waals surface area contributed by atoms with Crippen molar-refractivity contribution >= 4 is 5.90 Å². The summed E-state index contributed by atoms with van der Waals surface area (Å²) in [6.45, 7) is 1.56. The highest BCUT2D eigenvalue weighted by Crippen LogP contribution is 2.28. The standard InChI is InChI=1S/C13H14F3NO2/c1-3-5-11(13(14,15)16)19-12(17)9-6-4-7-10(8-9)18-2/h4-8,17H,3H2,1-2H3/b11-5+,17-12?. The fourth-order valence-electron chi connectivity index (χ4n) is 1.33. The molecule has 3 nitrogen and oxygen atoms in total. The minimum atomic E-state index is -4.61. The molecule has 6 heteroatoms. The molecule has 1 rings (SSSR count). The van der Waals surface area contributed by atoms with E-state index in [0.717, 1.165) is 6.08 Å². The van der Waals surface area contributed by atoms with E-state index in [2.05, 4.69) is 4.74 Å². The lowest BCUT2D eigenvalue weighted by atomic mass is 10.2. The van der Waals surface area contributed by atoms with Crippen LogP contribution in [0.15, 0.2) is 36.1 Å². The molecule has 104 valence electrons. The van der Waals surface area contributed by atoms with Crippen molar-refractivity contribution in [1.82, 2.24) is 0 Å². The molecule has 0 aromatic heterocycles. The minimum Gasteiger partial charge on any atom is -0.497 e. The van der Waals surface area contributed by atoms with E-state index in [1.165, 1.54) is 19.2 Å². The first-order valence-electron chi connectivity index (χ1n) is 5.56. The highest BCUT2D eigenvalue weighted by Gasteiger charge is 2.36. The van der Waals surface area contributed by atoms with Gasteiger partial charge in [0.2, 0.25) is 11.7 Å². The van der Waals surface area contributed by atoms with E-state index in [-0.39, 0.29) is 12.0 Å². The zero-order valence-electron chi connectivity index (χ0n) is 10.5. The zero-order chi connectivity index (χ0) is 14.5. The van der Waals surface area contributed by atoms with E-state index in [1.54, 1.807) is 19.1 Å². The van der Waals surface area contributed by atoms with E-state index >= 15 is 0 Å². The molecule has 1 aromatic carbocycles. The molecule has 0 aliphatic rings. The lowest BCUT2D eigenvalue weighted by Crippen LogP contribution is -2.18. The van der Waals surface area contributed by atoms with Gasteiger partial charge in [-0.1, -0.05) is 13.0 Å². The van der Waals surface area contributed by atoms with Gasteiger partial charge >= 0.3 is 6.18 Å². The second-order valence-electron chi connectivity index (χ2n) is 3.64. The van der Waals surface area contributed by atoms with Crippen molar-refractivity contribution in [2.45, 2.75) is 19.5 Å². The summed E-state index contributed by atoms with van der Waals surface area (Å²) in [6, 6.07) is 6.11. The smallest absolute Gasteiger partial charge is 0.449 e.